The number of aromatic carboxylic acids is 1. The Bertz CT molecular complexity index is 777. The quantitative estimate of drug-likeness (QED) is 0.914. The van der Waals surface area contributed by atoms with Crippen molar-refractivity contribution in [2.45, 2.75) is 24.3 Å². The van der Waals surface area contributed by atoms with Gasteiger partial charge < -0.3 is 15.0 Å². The van der Waals surface area contributed by atoms with E-state index in [-0.39, 0.29) is 5.91 Å². The molecule has 6 heteroatoms. The SMILES string of the molecule is O=C1CSc2ccc3cc(C(=O)O)n(CC4CC4)c3c2N1. The molecular formula is C15H14N2O3S. The lowest BCUT2D eigenvalue weighted by molar-refractivity contribution is -0.113. The van der Waals surface area contributed by atoms with Crippen molar-refractivity contribution in [2.24, 2.45) is 5.92 Å². The van der Waals surface area contributed by atoms with Crippen LogP contribution in [0, 0.1) is 5.92 Å². The molecule has 1 saturated carbocycles. The van der Waals surface area contributed by atoms with Gasteiger partial charge >= 0.3 is 5.97 Å². The van der Waals surface area contributed by atoms with Gasteiger partial charge in [0.15, 0.2) is 0 Å². The molecule has 21 heavy (non-hydrogen) atoms. The zero-order chi connectivity index (χ0) is 14.6. The number of hydrogen-bond acceptors (Lipinski definition) is 3. The summed E-state index contributed by atoms with van der Waals surface area (Å²) in [6, 6.07) is 5.59. The minimum absolute atomic E-state index is 0.0314. The van der Waals surface area contributed by atoms with Gasteiger partial charge in [-0.05, 0) is 30.9 Å². The average molecular weight is 302 g/mol. The summed E-state index contributed by atoms with van der Waals surface area (Å²) in [5.41, 5.74) is 1.91. The molecule has 5 nitrogen and oxygen atoms in total. The first kappa shape index (κ1) is 12.8. The Balaban J connectivity index is 1.97. The Labute approximate surface area is 125 Å². The first-order valence-corrected chi connectivity index (χ1v) is 7.94. The molecule has 0 radical (unpaired) electrons. The molecule has 1 aliphatic heterocycles. The third-order valence-electron chi connectivity index (χ3n) is 4.00. The summed E-state index contributed by atoms with van der Waals surface area (Å²) >= 11 is 1.50. The first-order chi connectivity index (χ1) is 10.1. The zero-order valence-corrected chi connectivity index (χ0v) is 12.1. The second-order valence-electron chi connectivity index (χ2n) is 5.60. The first-order valence-electron chi connectivity index (χ1n) is 6.95. The minimum Gasteiger partial charge on any atom is -0.477 e. The van der Waals surface area contributed by atoms with Gasteiger partial charge in [-0.2, -0.15) is 0 Å². The van der Waals surface area contributed by atoms with Gasteiger partial charge in [-0.1, -0.05) is 6.07 Å². The Morgan fingerprint density at radius 2 is 2.24 bits per heavy atom. The van der Waals surface area contributed by atoms with Crippen LogP contribution in [0.2, 0.25) is 0 Å². The highest BCUT2D eigenvalue weighted by Crippen LogP contribution is 2.40. The third-order valence-corrected chi connectivity index (χ3v) is 5.06. The lowest BCUT2D eigenvalue weighted by Crippen LogP contribution is -2.20. The molecule has 0 unspecified atom stereocenters. The van der Waals surface area contributed by atoms with E-state index in [1.807, 2.05) is 16.7 Å². The van der Waals surface area contributed by atoms with Crippen LogP contribution in [0.1, 0.15) is 23.3 Å². The molecule has 0 saturated heterocycles. The summed E-state index contributed by atoms with van der Waals surface area (Å²) in [6.45, 7) is 0.710. The predicted molar refractivity (Wildman–Crippen MR) is 81.0 cm³/mol. The van der Waals surface area contributed by atoms with E-state index in [0.717, 1.165) is 34.3 Å². The van der Waals surface area contributed by atoms with E-state index < -0.39 is 5.97 Å². The number of amides is 1. The van der Waals surface area contributed by atoms with Gasteiger partial charge in [0.05, 0.1) is 17.0 Å². The molecule has 1 amide bonds. The second-order valence-corrected chi connectivity index (χ2v) is 6.62. The minimum atomic E-state index is -0.921. The normalized spacial score (nSPS) is 17.6. The number of aromatic nitrogens is 1. The molecule has 0 bridgehead atoms. The molecule has 4 rings (SSSR count). The highest BCUT2D eigenvalue weighted by molar-refractivity contribution is 8.00. The zero-order valence-electron chi connectivity index (χ0n) is 11.3. The average Bonchev–Trinajstić information content (AvgIpc) is 3.18. The van der Waals surface area contributed by atoms with Gasteiger partial charge in [0.25, 0.3) is 0 Å². The molecule has 1 aromatic heterocycles. The number of thioether (sulfide) groups is 1. The van der Waals surface area contributed by atoms with Crippen molar-refractivity contribution >= 4 is 40.2 Å². The summed E-state index contributed by atoms with van der Waals surface area (Å²) in [4.78, 5) is 24.2. The summed E-state index contributed by atoms with van der Waals surface area (Å²) in [5.74, 6) is 0.0149. The van der Waals surface area contributed by atoms with Crippen molar-refractivity contribution < 1.29 is 14.7 Å². The molecule has 2 N–H and O–H groups in total. The molecule has 1 aromatic carbocycles. The number of fused-ring (bicyclic) bond motifs is 3. The fourth-order valence-corrected chi connectivity index (χ4v) is 3.64. The van der Waals surface area contributed by atoms with E-state index in [1.54, 1.807) is 6.07 Å². The topological polar surface area (TPSA) is 71.3 Å². The number of benzene rings is 1. The maximum Gasteiger partial charge on any atom is 0.352 e. The smallest absolute Gasteiger partial charge is 0.352 e. The molecule has 1 fully saturated rings. The summed E-state index contributed by atoms with van der Waals surface area (Å²) in [7, 11) is 0. The van der Waals surface area contributed by atoms with E-state index in [9.17, 15) is 14.7 Å². The summed E-state index contributed by atoms with van der Waals surface area (Å²) in [6.07, 6.45) is 2.30. The standard InChI is InChI=1S/C15H14N2O3S/c18-12-7-21-11-4-3-9-5-10(15(19)20)17(6-8-1-2-8)14(9)13(11)16-12/h3-5,8H,1-2,6-7H2,(H,16,18)(H,19,20). The predicted octanol–water partition coefficient (Wildman–Crippen LogP) is 2.79. The number of carboxylic acid groups (broad SMARTS) is 1. The van der Waals surface area contributed by atoms with Gasteiger partial charge in [-0.15, -0.1) is 11.8 Å². The van der Waals surface area contributed by atoms with Crippen LogP contribution in [0.15, 0.2) is 23.1 Å². The Morgan fingerprint density at radius 3 is 2.95 bits per heavy atom. The molecule has 2 aliphatic rings. The van der Waals surface area contributed by atoms with Crippen LogP contribution in [0.5, 0.6) is 0 Å². The largest absolute Gasteiger partial charge is 0.477 e. The van der Waals surface area contributed by atoms with Gasteiger partial charge in [-0.25, -0.2) is 4.79 Å². The maximum absolute atomic E-state index is 11.7. The summed E-state index contributed by atoms with van der Waals surface area (Å²) < 4.78 is 1.86. The van der Waals surface area contributed by atoms with Crippen LogP contribution in [0.3, 0.4) is 0 Å². The number of nitrogens with zero attached hydrogens (tertiary/aromatic N) is 1. The van der Waals surface area contributed by atoms with Gasteiger partial charge in [0, 0.05) is 16.8 Å². The van der Waals surface area contributed by atoms with E-state index in [2.05, 4.69) is 5.32 Å². The van der Waals surface area contributed by atoms with Crippen LogP contribution in [0.4, 0.5) is 5.69 Å². The van der Waals surface area contributed by atoms with Crippen molar-refractivity contribution in [1.29, 1.82) is 0 Å². The van der Waals surface area contributed by atoms with Crippen molar-refractivity contribution in [3.05, 3.63) is 23.9 Å². The number of carbonyl (C=O) groups excluding carboxylic acids is 1. The Kier molecular flexibility index (Phi) is 2.75. The monoisotopic (exact) mass is 302 g/mol. The number of carboxylic acids is 1. The van der Waals surface area contributed by atoms with Crippen LogP contribution in [-0.4, -0.2) is 27.3 Å². The Morgan fingerprint density at radius 1 is 1.43 bits per heavy atom. The van der Waals surface area contributed by atoms with Crippen molar-refractivity contribution in [3.63, 3.8) is 0 Å². The van der Waals surface area contributed by atoms with E-state index >= 15 is 0 Å². The molecular weight excluding hydrogens is 288 g/mol. The van der Waals surface area contributed by atoms with E-state index in [4.69, 9.17) is 0 Å². The van der Waals surface area contributed by atoms with E-state index in [1.165, 1.54) is 11.8 Å². The lowest BCUT2D eigenvalue weighted by Gasteiger charge is -2.19. The van der Waals surface area contributed by atoms with Gasteiger partial charge in [-0.3, -0.25) is 4.79 Å². The van der Waals surface area contributed by atoms with Crippen LogP contribution < -0.4 is 5.32 Å². The lowest BCUT2D eigenvalue weighted by atomic mass is 10.2. The number of hydrogen-bond donors (Lipinski definition) is 2. The highest BCUT2D eigenvalue weighted by Gasteiger charge is 2.28. The Hall–Kier alpha value is -1.95. The van der Waals surface area contributed by atoms with Crippen molar-refractivity contribution in [1.82, 2.24) is 4.57 Å². The molecule has 1 aliphatic carbocycles. The summed E-state index contributed by atoms with van der Waals surface area (Å²) in [5, 5.41) is 13.2. The van der Waals surface area contributed by atoms with Crippen LogP contribution in [0.25, 0.3) is 10.9 Å². The van der Waals surface area contributed by atoms with Crippen molar-refractivity contribution in [3.8, 4) is 0 Å². The third kappa shape index (κ3) is 2.10. The second kappa shape index (κ2) is 4.53. The van der Waals surface area contributed by atoms with Gasteiger partial charge in [0.1, 0.15) is 5.69 Å². The molecule has 2 aromatic rings. The van der Waals surface area contributed by atoms with Crippen LogP contribution >= 0.6 is 11.8 Å². The molecule has 108 valence electrons. The number of anilines is 1. The maximum atomic E-state index is 11.7. The van der Waals surface area contributed by atoms with Crippen LogP contribution in [-0.2, 0) is 11.3 Å². The highest BCUT2D eigenvalue weighted by atomic mass is 32.2. The number of nitrogens with one attached hydrogen (secondary N) is 1. The fraction of sp³-hybridized carbons (Fsp3) is 0.333. The molecule has 2 heterocycles. The fourth-order valence-electron chi connectivity index (χ4n) is 2.83. The van der Waals surface area contributed by atoms with Gasteiger partial charge in [0.2, 0.25) is 5.91 Å². The number of rotatable bonds is 3. The number of carbonyl (C=O) groups is 2. The van der Waals surface area contributed by atoms with E-state index in [0.29, 0.717) is 23.9 Å². The molecule has 0 spiro atoms. The molecule has 0 atom stereocenters. The van der Waals surface area contributed by atoms with Crippen molar-refractivity contribution in [2.75, 3.05) is 11.1 Å².